The molecule has 0 radical (unpaired) electrons. The van der Waals surface area contributed by atoms with Gasteiger partial charge in [-0.2, -0.15) is 0 Å². The van der Waals surface area contributed by atoms with Crippen molar-refractivity contribution in [3.63, 3.8) is 0 Å². The first-order valence-electron chi connectivity index (χ1n) is 16.2. The number of ether oxygens (including phenoxy) is 2. The summed E-state index contributed by atoms with van der Waals surface area (Å²) in [6.45, 7) is 3.76. The van der Waals surface area contributed by atoms with Crippen LogP contribution in [0.4, 0.5) is 10.5 Å². The van der Waals surface area contributed by atoms with Gasteiger partial charge in [0.25, 0.3) is 0 Å². The third-order valence-electron chi connectivity index (χ3n) is 8.56. The van der Waals surface area contributed by atoms with E-state index in [1.54, 1.807) is 12.1 Å². The Bertz CT molecular complexity index is 1890. The number of para-hydroxylation sites is 1. The van der Waals surface area contributed by atoms with Gasteiger partial charge in [-0.05, 0) is 59.9 Å². The largest absolute Gasteiger partial charge is 0.506 e. The SMILES string of the molecule is O=C(Nc1ccccc1-c1ccccc1)OC1CCN(CCOc2cccc(CNC[C@H](O)c3ccc(O)c4[nH]c(=O)ccc34)c2)CC1. The summed E-state index contributed by atoms with van der Waals surface area (Å²) >= 11 is 0. The van der Waals surface area contributed by atoms with Crippen LogP contribution >= 0.6 is 0 Å². The fourth-order valence-corrected chi connectivity index (χ4v) is 6.05. The molecule has 1 aromatic heterocycles. The maximum absolute atomic E-state index is 12.7. The summed E-state index contributed by atoms with van der Waals surface area (Å²) in [4.78, 5) is 29.4. The molecule has 0 aliphatic carbocycles. The zero-order valence-corrected chi connectivity index (χ0v) is 26.6. The van der Waals surface area contributed by atoms with Crippen LogP contribution in [0.15, 0.2) is 108 Å². The summed E-state index contributed by atoms with van der Waals surface area (Å²) in [5.74, 6) is 0.734. The molecule has 10 heteroatoms. The predicted molar refractivity (Wildman–Crippen MR) is 186 cm³/mol. The van der Waals surface area contributed by atoms with Crippen LogP contribution in [0.2, 0.25) is 0 Å². The molecule has 1 aliphatic heterocycles. The van der Waals surface area contributed by atoms with Crippen LogP contribution in [0, 0.1) is 0 Å². The van der Waals surface area contributed by atoms with E-state index in [1.807, 2.05) is 78.9 Å². The molecule has 48 heavy (non-hydrogen) atoms. The number of rotatable bonds is 12. The van der Waals surface area contributed by atoms with Crippen LogP contribution in [0.1, 0.15) is 30.1 Å². The number of amides is 1. The van der Waals surface area contributed by atoms with Gasteiger partial charge in [-0.3, -0.25) is 15.0 Å². The van der Waals surface area contributed by atoms with Crippen molar-refractivity contribution in [2.24, 2.45) is 0 Å². The predicted octanol–water partition coefficient (Wildman–Crippen LogP) is 5.82. The van der Waals surface area contributed by atoms with Crippen LogP contribution in [0.25, 0.3) is 22.0 Å². The van der Waals surface area contributed by atoms with Crippen molar-refractivity contribution in [1.82, 2.24) is 15.2 Å². The molecule has 0 unspecified atom stereocenters. The van der Waals surface area contributed by atoms with Crippen molar-refractivity contribution in [3.8, 4) is 22.6 Å². The van der Waals surface area contributed by atoms with E-state index in [0.717, 1.165) is 60.6 Å². The van der Waals surface area contributed by atoms with Crippen molar-refractivity contribution >= 4 is 22.7 Å². The highest BCUT2D eigenvalue weighted by Crippen LogP contribution is 2.29. The Labute approximate surface area is 279 Å². The smallest absolute Gasteiger partial charge is 0.411 e. The minimum absolute atomic E-state index is 0.0385. The van der Waals surface area contributed by atoms with Gasteiger partial charge in [0.05, 0.1) is 17.3 Å². The molecule has 0 saturated carbocycles. The molecule has 4 aromatic carbocycles. The van der Waals surface area contributed by atoms with Gasteiger partial charge >= 0.3 is 6.09 Å². The van der Waals surface area contributed by atoms with E-state index >= 15 is 0 Å². The Hall–Kier alpha value is -5.16. The van der Waals surface area contributed by atoms with Crippen molar-refractivity contribution in [3.05, 3.63) is 125 Å². The number of phenols is 1. The Morgan fingerprint density at radius 2 is 1.73 bits per heavy atom. The van der Waals surface area contributed by atoms with Crippen LogP contribution in [0.5, 0.6) is 11.5 Å². The molecule has 6 rings (SSSR count). The van der Waals surface area contributed by atoms with E-state index in [0.29, 0.717) is 29.6 Å². The van der Waals surface area contributed by atoms with Gasteiger partial charge in [-0.25, -0.2) is 4.79 Å². The number of nitrogens with one attached hydrogen (secondary N) is 3. The number of aromatic amines is 1. The highest BCUT2D eigenvalue weighted by Gasteiger charge is 2.23. The van der Waals surface area contributed by atoms with Crippen LogP contribution < -0.4 is 20.9 Å². The molecule has 0 bridgehead atoms. The van der Waals surface area contributed by atoms with Crippen molar-refractivity contribution < 1.29 is 24.5 Å². The van der Waals surface area contributed by atoms with Crippen molar-refractivity contribution in [1.29, 1.82) is 0 Å². The second-order valence-electron chi connectivity index (χ2n) is 11.9. The van der Waals surface area contributed by atoms with Crippen LogP contribution in [-0.4, -0.2) is 65.1 Å². The molecule has 1 saturated heterocycles. The summed E-state index contributed by atoms with van der Waals surface area (Å²) < 4.78 is 11.8. The monoisotopic (exact) mass is 648 g/mol. The molecule has 5 aromatic rings. The molecule has 1 fully saturated rings. The summed E-state index contributed by atoms with van der Waals surface area (Å²) in [6, 6.07) is 31.6. The molecule has 2 heterocycles. The zero-order valence-electron chi connectivity index (χ0n) is 26.6. The molecular formula is C38H40N4O6. The minimum Gasteiger partial charge on any atom is -0.506 e. The molecule has 5 N–H and O–H groups in total. The number of aromatic hydroxyl groups is 1. The first kappa shape index (κ1) is 32.8. The second kappa shape index (κ2) is 15.6. The Morgan fingerprint density at radius 3 is 2.56 bits per heavy atom. The lowest BCUT2D eigenvalue weighted by molar-refractivity contribution is 0.0548. The third kappa shape index (κ3) is 8.40. The number of H-pyrrole nitrogens is 1. The number of aromatic nitrogens is 1. The maximum Gasteiger partial charge on any atom is 0.411 e. The Kier molecular flexibility index (Phi) is 10.7. The molecule has 248 valence electrons. The van der Waals surface area contributed by atoms with Gasteiger partial charge in [0.2, 0.25) is 5.56 Å². The lowest BCUT2D eigenvalue weighted by Gasteiger charge is -2.31. The van der Waals surface area contributed by atoms with Gasteiger partial charge in [0.15, 0.2) is 0 Å². The van der Waals surface area contributed by atoms with E-state index in [2.05, 4.69) is 20.5 Å². The highest BCUT2D eigenvalue weighted by atomic mass is 16.6. The molecular weight excluding hydrogens is 608 g/mol. The third-order valence-corrected chi connectivity index (χ3v) is 8.56. The fourth-order valence-electron chi connectivity index (χ4n) is 6.05. The topological polar surface area (TPSA) is 136 Å². The summed E-state index contributed by atoms with van der Waals surface area (Å²) in [5, 5.41) is 27.7. The van der Waals surface area contributed by atoms with E-state index in [4.69, 9.17) is 9.47 Å². The quantitative estimate of drug-likeness (QED) is 0.114. The summed E-state index contributed by atoms with van der Waals surface area (Å²) in [5.41, 5.74) is 4.33. The van der Waals surface area contributed by atoms with Gasteiger partial charge in [-0.15, -0.1) is 0 Å². The number of benzene rings is 4. The van der Waals surface area contributed by atoms with Crippen molar-refractivity contribution in [2.45, 2.75) is 31.6 Å². The number of carbonyl (C=O) groups is 1. The Morgan fingerprint density at radius 1 is 0.938 bits per heavy atom. The Balaban J connectivity index is 0.908. The first-order valence-corrected chi connectivity index (χ1v) is 16.2. The number of anilines is 1. The van der Waals surface area contributed by atoms with E-state index in [9.17, 15) is 19.8 Å². The average Bonchev–Trinajstić information content (AvgIpc) is 3.10. The number of carbonyl (C=O) groups excluding carboxylic acids is 1. The maximum atomic E-state index is 12.7. The van der Waals surface area contributed by atoms with Gasteiger partial charge in [-0.1, -0.05) is 66.7 Å². The number of piperidine rings is 1. The summed E-state index contributed by atoms with van der Waals surface area (Å²) in [6.07, 6.45) is 0.122. The molecule has 0 spiro atoms. The van der Waals surface area contributed by atoms with Crippen molar-refractivity contribution in [2.75, 3.05) is 38.1 Å². The molecule has 1 aliphatic rings. The van der Waals surface area contributed by atoms with E-state index in [-0.39, 0.29) is 24.0 Å². The highest BCUT2D eigenvalue weighted by molar-refractivity contribution is 5.91. The number of hydrogen-bond donors (Lipinski definition) is 5. The van der Waals surface area contributed by atoms with Gasteiger partial charge < -0.3 is 30.0 Å². The zero-order chi connectivity index (χ0) is 33.3. The number of aliphatic hydroxyl groups excluding tert-OH is 1. The molecule has 1 atom stereocenters. The number of aliphatic hydroxyl groups is 1. The van der Waals surface area contributed by atoms with Gasteiger partial charge in [0, 0.05) is 49.7 Å². The minimum atomic E-state index is -0.835. The molecule has 1 amide bonds. The average molecular weight is 649 g/mol. The van der Waals surface area contributed by atoms with Crippen LogP contribution in [0.3, 0.4) is 0 Å². The first-order chi connectivity index (χ1) is 23.4. The van der Waals surface area contributed by atoms with Crippen LogP contribution in [-0.2, 0) is 11.3 Å². The lowest BCUT2D eigenvalue weighted by Crippen LogP contribution is -2.40. The summed E-state index contributed by atoms with van der Waals surface area (Å²) in [7, 11) is 0. The second-order valence-corrected chi connectivity index (χ2v) is 11.9. The molecule has 10 nitrogen and oxygen atoms in total. The fraction of sp³-hybridized carbons (Fsp3) is 0.263. The number of pyridine rings is 1. The number of fused-ring (bicyclic) bond motifs is 1. The number of likely N-dealkylation sites (tertiary alicyclic amines) is 1. The number of phenolic OH excluding ortho intramolecular Hbond substituents is 1. The number of nitrogens with zero attached hydrogens (tertiary/aromatic N) is 1. The normalized spacial score (nSPS) is 14.4. The van der Waals surface area contributed by atoms with E-state index in [1.165, 1.54) is 12.1 Å². The van der Waals surface area contributed by atoms with Gasteiger partial charge in [0.1, 0.15) is 24.2 Å². The number of hydrogen-bond acceptors (Lipinski definition) is 8. The standard InChI is InChI=1S/C38H40N4O6/c43-34-15-13-31(32-14-16-36(45)41-37(32)34)35(44)25-39-24-26-7-6-10-29(23-26)47-22-21-42-19-17-28(18-20-42)48-38(46)40-33-12-5-4-11-30(33)27-8-2-1-3-9-27/h1-16,23,28,35,39,43-44H,17-22,24-25H2,(H,40,46)(H,41,45)/t35-/m0/s1. The lowest BCUT2D eigenvalue weighted by atomic mass is 10.0. The van der Waals surface area contributed by atoms with E-state index < -0.39 is 12.2 Å².